The summed E-state index contributed by atoms with van der Waals surface area (Å²) in [6.45, 7) is 2.17. The Hall–Kier alpha value is -0.910. The predicted octanol–water partition coefficient (Wildman–Crippen LogP) is 3.59. The number of hydrogen-bond acceptors (Lipinski definition) is 4. The molecule has 2 aliphatic carbocycles. The van der Waals surface area contributed by atoms with Crippen molar-refractivity contribution in [3.05, 3.63) is 12.2 Å². The Morgan fingerprint density at radius 3 is 2.45 bits per heavy atom. The Bertz CT molecular complexity index is 600. The molecule has 29 heavy (non-hydrogen) atoms. The lowest BCUT2D eigenvalue weighted by molar-refractivity contribution is -0.146. The Kier molecular flexibility index (Phi) is 6.67. The second-order valence-electron chi connectivity index (χ2n) is 10.2. The van der Waals surface area contributed by atoms with Gasteiger partial charge in [0.05, 0.1) is 12.2 Å². The first-order valence-electron chi connectivity index (χ1n) is 12.0. The molecule has 2 aliphatic heterocycles. The van der Waals surface area contributed by atoms with Crippen LogP contribution < -0.4 is 0 Å². The molecule has 0 aromatic carbocycles. The first kappa shape index (κ1) is 21.3. The molecular formula is C24H39NO4. The minimum absolute atomic E-state index is 0.0380. The van der Waals surface area contributed by atoms with Crippen molar-refractivity contribution >= 4 is 5.97 Å². The van der Waals surface area contributed by atoms with Crippen LogP contribution in [0, 0.1) is 23.7 Å². The van der Waals surface area contributed by atoms with E-state index in [4.69, 9.17) is 0 Å². The summed E-state index contributed by atoms with van der Waals surface area (Å²) < 4.78 is 0. The zero-order chi connectivity index (χ0) is 20.5. The Labute approximate surface area is 175 Å². The smallest absolute Gasteiger partial charge is 0.320 e. The molecule has 4 aliphatic rings. The van der Waals surface area contributed by atoms with Gasteiger partial charge in [-0.1, -0.05) is 57.6 Å². The zero-order valence-corrected chi connectivity index (χ0v) is 17.8. The summed E-state index contributed by atoms with van der Waals surface area (Å²) in [4.78, 5) is 14.0. The van der Waals surface area contributed by atoms with E-state index in [0.29, 0.717) is 24.3 Å². The van der Waals surface area contributed by atoms with E-state index in [2.05, 4.69) is 17.9 Å². The van der Waals surface area contributed by atoms with E-state index in [9.17, 15) is 20.1 Å². The van der Waals surface area contributed by atoms with Gasteiger partial charge in [0, 0.05) is 18.0 Å². The Morgan fingerprint density at radius 2 is 1.76 bits per heavy atom. The number of hydrogen-bond donors (Lipinski definition) is 3. The number of carboxylic acid groups (broad SMARTS) is 1. The molecule has 4 fully saturated rings. The number of aliphatic hydroxyl groups is 2. The molecule has 5 nitrogen and oxygen atoms in total. The highest BCUT2D eigenvalue weighted by Gasteiger charge is 2.55. The Morgan fingerprint density at radius 1 is 1.03 bits per heavy atom. The molecule has 0 radical (unpaired) electrons. The van der Waals surface area contributed by atoms with Crippen LogP contribution in [0.4, 0.5) is 0 Å². The number of carboxylic acids is 1. The van der Waals surface area contributed by atoms with Crippen LogP contribution in [-0.2, 0) is 4.79 Å². The summed E-state index contributed by atoms with van der Waals surface area (Å²) in [6.07, 6.45) is 15.2. The molecule has 3 unspecified atom stereocenters. The van der Waals surface area contributed by atoms with Gasteiger partial charge in [0.2, 0.25) is 0 Å². The van der Waals surface area contributed by atoms with E-state index in [1.165, 1.54) is 38.5 Å². The van der Waals surface area contributed by atoms with Crippen LogP contribution in [0.25, 0.3) is 0 Å². The zero-order valence-electron chi connectivity index (χ0n) is 17.8. The maximum atomic E-state index is 11.8. The normalized spacial score (nSPS) is 41.1. The molecule has 5 heteroatoms. The molecule has 0 aromatic rings. The lowest BCUT2D eigenvalue weighted by atomic mass is 9.82. The molecule has 8 atom stereocenters. The summed E-state index contributed by atoms with van der Waals surface area (Å²) in [5, 5.41) is 31.2. The molecule has 164 valence electrons. The van der Waals surface area contributed by atoms with Crippen molar-refractivity contribution in [2.45, 2.75) is 108 Å². The molecule has 0 bridgehead atoms. The number of piperidine rings is 1. The number of aliphatic carboxylic acids is 1. The van der Waals surface area contributed by atoms with Gasteiger partial charge in [-0.05, 0) is 49.9 Å². The van der Waals surface area contributed by atoms with Crippen molar-refractivity contribution in [2.75, 3.05) is 0 Å². The monoisotopic (exact) mass is 405 g/mol. The second kappa shape index (κ2) is 9.07. The minimum atomic E-state index is -0.712. The topological polar surface area (TPSA) is 81.0 Å². The molecular weight excluding hydrogens is 366 g/mol. The molecule has 4 rings (SSSR count). The van der Waals surface area contributed by atoms with Crippen molar-refractivity contribution in [3.8, 4) is 0 Å². The standard InChI is InChI=1S/C24H39NO4/c1-15(16-7-4-2-3-5-8-16)22(26)12-11-18-19-13-17-9-6-10-20(24(28)29)25(17)21(19)14-23(18)27/h11-12,15-23,26-27H,2-10,13-14H2,1H3,(H,28,29)/t15?,17?,18-,19-,20?,21-,22+,23-/m1/s1. The number of carbonyl (C=O) groups is 1. The number of nitrogens with zero attached hydrogens (tertiary/aromatic N) is 1. The van der Waals surface area contributed by atoms with Gasteiger partial charge in [0.1, 0.15) is 6.04 Å². The lowest BCUT2D eigenvalue weighted by Gasteiger charge is -2.38. The molecule has 3 N–H and O–H groups in total. The summed E-state index contributed by atoms with van der Waals surface area (Å²) in [7, 11) is 0. The molecule has 2 saturated heterocycles. The van der Waals surface area contributed by atoms with E-state index >= 15 is 0 Å². The highest BCUT2D eigenvalue weighted by Crippen LogP contribution is 2.49. The van der Waals surface area contributed by atoms with Gasteiger partial charge in [-0.3, -0.25) is 9.69 Å². The van der Waals surface area contributed by atoms with Gasteiger partial charge in [-0.15, -0.1) is 0 Å². The summed E-state index contributed by atoms with van der Waals surface area (Å²) in [5.41, 5.74) is 0. The van der Waals surface area contributed by atoms with Gasteiger partial charge in [0.15, 0.2) is 0 Å². The Balaban J connectivity index is 1.42. The number of aliphatic hydroxyl groups excluding tert-OH is 2. The first-order valence-corrected chi connectivity index (χ1v) is 12.0. The summed E-state index contributed by atoms with van der Waals surface area (Å²) in [6, 6.07) is 0.125. The predicted molar refractivity (Wildman–Crippen MR) is 112 cm³/mol. The van der Waals surface area contributed by atoms with E-state index in [0.717, 1.165) is 25.7 Å². The SMILES string of the molecule is CC(C1CCCCCC1)[C@@H](O)C=C[C@@H]1[C@H]2CC3CCCC(C(=O)O)N3[C@@H]2C[C@H]1O. The summed E-state index contributed by atoms with van der Waals surface area (Å²) >= 11 is 0. The first-order chi connectivity index (χ1) is 14.0. The van der Waals surface area contributed by atoms with Crippen LogP contribution in [0.15, 0.2) is 12.2 Å². The fourth-order valence-corrected chi connectivity index (χ4v) is 6.99. The summed E-state index contributed by atoms with van der Waals surface area (Å²) in [5.74, 6) is 0.485. The van der Waals surface area contributed by atoms with Gasteiger partial charge in [-0.25, -0.2) is 0 Å². The van der Waals surface area contributed by atoms with Crippen molar-refractivity contribution in [3.63, 3.8) is 0 Å². The average molecular weight is 406 g/mol. The fraction of sp³-hybridized carbons (Fsp3) is 0.875. The fourth-order valence-electron chi connectivity index (χ4n) is 6.99. The van der Waals surface area contributed by atoms with Gasteiger partial charge < -0.3 is 15.3 Å². The van der Waals surface area contributed by atoms with E-state index in [1.807, 2.05) is 6.08 Å². The molecule has 0 spiro atoms. The third kappa shape index (κ3) is 4.28. The average Bonchev–Trinajstić information content (AvgIpc) is 3.05. The highest BCUT2D eigenvalue weighted by molar-refractivity contribution is 5.73. The van der Waals surface area contributed by atoms with Crippen molar-refractivity contribution in [2.24, 2.45) is 23.7 Å². The van der Waals surface area contributed by atoms with Crippen LogP contribution in [0.5, 0.6) is 0 Å². The van der Waals surface area contributed by atoms with Crippen LogP contribution in [0.2, 0.25) is 0 Å². The van der Waals surface area contributed by atoms with Crippen molar-refractivity contribution in [1.29, 1.82) is 0 Å². The van der Waals surface area contributed by atoms with E-state index in [-0.39, 0.29) is 23.9 Å². The van der Waals surface area contributed by atoms with E-state index in [1.54, 1.807) is 0 Å². The minimum Gasteiger partial charge on any atom is -0.480 e. The largest absolute Gasteiger partial charge is 0.480 e. The van der Waals surface area contributed by atoms with Crippen LogP contribution >= 0.6 is 0 Å². The van der Waals surface area contributed by atoms with Gasteiger partial charge >= 0.3 is 5.97 Å². The molecule has 2 saturated carbocycles. The van der Waals surface area contributed by atoms with Crippen LogP contribution in [0.3, 0.4) is 0 Å². The van der Waals surface area contributed by atoms with E-state index < -0.39 is 18.2 Å². The second-order valence-corrected chi connectivity index (χ2v) is 10.2. The third-order valence-corrected chi connectivity index (χ3v) is 8.64. The van der Waals surface area contributed by atoms with Crippen molar-refractivity contribution < 1.29 is 20.1 Å². The lowest BCUT2D eigenvalue weighted by Crippen LogP contribution is -2.51. The van der Waals surface area contributed by atoms with Gasteiger partial charge in [0.25, 0.3) is 0 Å². The quantitative estimate of drug-likeness (QED) is 0.481. The van der Waals surface area contributed by atoms with Gasteiger partial charge in [-0.2, -0.15) is 0 Å². The maximum absolute atomic E-state index is 11.8. The highest BCUT2D eigenvalue weighted by atomic mass is 16.4. The number of rotatable bonds is 5. The molecule has 0 amide bonds. The molecule has 2 heterocycles. The maximum Gasteiger partial charge on any atom is 0.320 e. The third-order valence-electron chi connectivity index (χ3n) is 8.64. The van der Waals surface area contributed by atoms with Crippen LogP contribution in [0.1, 0.15) is 77.6 Å². The van der Waals surface area contributed by atoms with Crippen LogP contribution in [-0.4, -0.2) is 56.5 Å². The molecule has 0 aromatic heterocycles. The van der Waals surface area contributed by atoms with Crippen molar-refractivity contribution in [1.82, 2.24) is 4.90 Å². The number of fused-ring (bicyclic) bond motifs is 3.